The van der Waals surface area contributed by atoms with Crippen molar-refractivity contribution in [1.29, 1.82) is 0 Å². The summed E-state index contributed by atoms with van der Waals surface area (Å²) in [4.78, 5) is 34.1. The van der Waals surface area contributed by atoms with E-state index in [0.717, 1.165) is 0 Å². The quantitative estimate of drug-likeness (QED) is 0.406. The Labute approximate surface area is 67.8 Å². The molecule has 6 nitrogen and oxygen atoms in total. The molecule has 0 aromatic heterocycles. The molecule has 0 unspecified atom stereocenters. The number of hydrogen-bond acceptors (Lipinski definition) is 6. The summed E-state index contributed by atoms with van der Waals surface area (Å²) in [6.45, 7) is 0. The average Bonchev–Trinajstić information content (AvgIpc) is 1.25. The molecule has 0 saturated heterocycles. The fraction of sp³-hybridized carbons (Fsp3) is 0. The van der Waals surface area contributed by atoms with Gasteiger partial charge in [0.25, 0.3) is 0 Å². The third-order valence-electron chi connectivity index (χ3n) is 0. The van der Waals surface area contributed by atoms with Crippen LogP contribution in [0.5, 0.6) is 0 Å². The van der Waals surface area contributed by atoms with Gasteiger partial charge in [-0.15, -0.1) is 0 Å². The predicted molar refractivity (Wildman–Crippen MR) is 12.9 cm³/mol. The molecule has 0 aliphatic rings. The smallest absolute Gasteiger partial charge is 0.0172 e. The van der Waals surface area contributed by atoms with Gasteiger partial charge in [0, 0.05) is 39.4 Å². The second kappa shape index (κ2) is 10.8. The molecule has 0 aliphatic heterocycles. The second-order valence-corrected chi connectivity index (χ2v) is 1.50. The van der Waals surface area contributed by atoms with Crippen molar-refractivity contribution < 1.29 is 49.2 Å². The molecule has 9 heteroatoms. The molecule has 0 N–H and O–H groups in total. The summed E-state index contributed by atoms with van der Waals surface area (Å²) in [6, 6.07) is 0. The van der Waals surface area contributed by atoms with E-state index in [-0.39, 0.29) is 21.1 Å². The first kappa shape index (κ1) is 16.0. The van der Waals surface area contributed by atoms with Crippen LogP contribution in [0, 0.1) is 0 Å². The van der Waals surface area contributed by atoms with Gasteiger partial charge in [0.1, 0.15) is 0 Å². The van der Waals surface area contributed by atoms with Crippen molar-refractivity contribution in [1.82, 2.24) is 0 Å². The third kappa shape index (κ3) is 45800. The van der Waals surface area contributed by atoms with Crippen LogP contribution in [0.25, 0.3) is 0 Å². The van der Waals surface area contributed by atoms with Crippen LogP contribution in [0.1, 0.15) is 0 Å². The maximum atomic E-state index is 8.52. The largest absolute Gasteiger partial charge is 0.672 e. The van der Waals surface area contributed by atoms with E-state index in [1.54, 1.807) is 0 Å². The molecule has 0 aromatic carbocycles. The van der Waals surface area contributed by atoms with Crippen LogP contribution in [0.4, 0.5) is 0 Å². The molecular weight excluding hydrogens is 336 g/mol. The van der Waals surface area contributed by atoms with Gasteiger partial charge in [0.05, 0.1) is 0 Å². The molecule has 0 heterocycles. The predicted octanol–water partition coefficient (Wildman–Crippen LogP) is -5.76. The zero-order valence-corrected chi connectivity index (χ0v) is 8.79. The van der Waals surface area contributed by atoms with Gasteiger partial charge in [0.15, 0.2) is 0 Å². The fourth-order valence-electron chi connectivity index (χ4n) is 0. The molecule has 0 bridgehead atoms. The number of rotatable bonds is 0. The molecule has 0 atom stereocenters. The van der Waals surface area contributed by atoms with Crippen molar-refractivity contribution in [2.24, 2.45) is 0 Å². The Morgan fingerprint density at radius 2 is 0.778 bits per heavy atom. The Morgan fingerprint density at radius 3 is 0.778 bits per heavy atom. The van der Waals surface area contributed by atoms with Crippen LogP contribution in [0.15, 0.2) is 0 Å². The summed E-state index contributed by atoms with van der Waals surface area (Å²) >= 11 is 0. The monoisotopic (exact) mass is 336 g/mol. The molecule has 0 radical (unpaired) electrons. The Balaban J connectivity index is -0.0000000720. The van der Waals surface area contributed by atoms with Crippen LogP contribution in [-0.4, -0.2) is 18.3 Å². The first-order chi connectivity index (χ1) is 3.46. The van der Waals surface area contributed by atoms with E-state index in [4.69, 9.17) is 28.1 Å². The molecule has 0 saturated carbocycles. The fourth-order valence-corrected chi connectivity index (χ4v) is 0. The van der Waals surface area contributed by atoms with Gasteiger partial charge in [-0.25, -0.2) is 0 Å². The Morgan fingerprint density at radius 1 is 0.778 bits per heavy atom. The molecule has 0 amide bonds. The van der Waals surface area contributed by atoms with Crippen molar-refractivity contribution in [3.05, 3.63) is 0 Å². The average molecular weight is 336 g/mol. The maximum Gasteiger partial charge on any atom is 0.0172 e. The Bertz CT molecular complexity index is 69.1. The summed E-state index contributed by atoms with van der Waals surface area (Å²) in [6.07, 6.45) is 0. The summed E-state index contributed by atoms with van der Waals surface area (Å²) < 4.78 is 17.0. The van der Waals surface area contributed by atoms with Gasteiger partial charge in [-0.05, 0) is 0 Å². The molecule has 9 heavy (non-hydrogen) atoms. The standard InChI is InChI=1S/2O3Si.W/c2*1-4(2)3;/q2*-2;. The van der Waals surface area contributed by atoms with Crippen LogP contribution in [0.2, 0.25) is 0 Å². The second-order valence-electron chi connectivity index (χ2n) is 0.500. The number of hydrogen-bond donors (Lipinski definition) is 0. The topological polar surface area (TPSA) is 126 Å². The first-order valence-corrected chi connectivity index (χ1v) is 3.67. The third-order valence-corrected chi connectivity index (χ3v) is 0. The van der Waals surface area contributed by atoms with E-state index in [9.17, 15) is 0 Å². The summed E-state index contributed by atoms with van der Waals surface area (Å²) in [5.74, 6) is 0. The zero-order chi connectivity index (χ0) is 7.15. The van der Waals surface area contributed by atoms with Crippen molar-refractivity contribution >= 4 is 18.3 Å². The summed E-state index contributed by atoms with van der Waals surface area (Å²) in [5, 5.41) is 0. The van der Waals surface area contributed by atoms with Gasteiger partial charge in [-0.1, -0.05) is 0 Å². The SMILES string of the molecule is O=[Si]([O-])[O-].O=[Si]([O-])[O-].[W]. The van der Waals surface area contributed by atoms with E-state index in [1.807, 2.05) is 0 Å². The maximum absolute atomic E-state index is 8.52. The van der Waals surface area contributed by atoms with Crippen molar-refractivity contribution in [2.75, 3.05) is 0 Å². The molecule has 54 valence electrons. The van der Waals surface area contributed by atoms with Gasteiger partial charge in [-0.2, -0.15) is 0 Å². The van der Waals surface area contributed by atoms with Crippen molar-refractivity contribution in [2.45, 2.75) is 0 Å². The van der Waals surface area contributed by atoms with Crippen molar-refractivity contribution in [3.63, 3.8) is 0 Å². The molecule has 0 aliphatic carbocycles. The van der Waals surface area contributed by atoms with Crippen molar-refractivity contribution in [3.8, 4) is 0 Å². The van der Waals surface area contributed by atoms with Gasteiger partial charge in [-0.3, -0.25) is 0 Å². The van der Waals surface area contributed by atoms with Gasteiger partial charge >= 0.3 is 0 Å². The van der Waals surface area contributed by atoms with E-state index >= 15 is 0 Å². The minimum Gasteiger partial charge on any atom is -0.672 e. The molecule has 0 fully saturated rings. The summed E-state index contributed by atoms with van der Waals surface area (Å²) in [5.41, 5.74) is 0. The Hall–Kier alpha value is -0.0779. The Kier molecular flexibility index (Phi) is 19.2. The molecular formula is O6Si2W-4. The van der Waals surface area contributed by atoms with Crippen LogP contribution < -0.4 is 19.2 Å². The van der Waals surface area contributed by atoms with Gasteiger partial charge in [0.2, 0.25) is 0 Å². The zero-order valence-electron chi connectivity index (χ0n) is 3.86. The molecule has 0 rings (SSSR count). The van der Waals surface area contributed by atoms with Crippen LogP contribution in [-0.2, 0) is 30.0 Å². The minimum atomic E-state index is -3.63. The molecule has 0 spiro atoms. The normalized spacial score (nSPS) is 5.33. The molecule has 0 aromatic rings. The van der Waals surface area contributed by atoms with E-state index < -0.39 is 18.3 Å². The van der Waals surface area contributed by atoms with E-state index in [0.29, 0.717) is 0 Å². The minimum absolute atomic E-state index is 0. The van der Waals surface area contributed by atoms with Crippen LogP contribution >= 0.6 is 0 Å². The van der Waals surface area contributed by atoms with Crippen LogP contribution in [0.3, 0.4) is 0 Å². The first-order valence-electron chi connectivity index (χ1n) is 1.22. The summed E-state index contributed by atoms with van der Waals surface area (Å²) in [7, 11) is -7.26. The van der Waals surface area contributed by atoms with E-state index in [1.165, 1.54) is 0 Å². The van der Waals surface area contributed by atoms with Gasteiger partial charge < -0.3 is 28.1 Å². The van der Waals surface area contributed by atoms with E-state index in [2.05, 4.69) is 0 Å².